The van der Waals surface area contributed by atoms with Crippen LogP contribution in [0, 0.1) is 12.9 Å². The van der Waals surface area contributed by atoms with E-state index in [1.54, 1.807) is 13.0 Å². The number of aromatic nitrogens is 1. The number of hydrogen-bond donors (Lipinski definition) is 0. The van der Waals surface area contributed by atoms with Gasteiger partial charge in [-0.2, -0.15) is 12.8 Å². The Bertz CT molecular complexity index is 745. The standard InChI is InChI=1S/C15H16FNO4S/c1-3-8-20-22(18,19)13-6-4-11(2)14(9-13)21-12-5-7-15(16)17-10-12/h4-7,9-10H,3,8H2,1-2H3. The summed E-state index contributed by atoms with van der Waals surface area (Å²) in [6.07, 6.45) is 1.82. The molecule has 0 amide bonds. The molecular weight excluding hydrogens is 309 g/mol. The van der Waals surface area contributed by atoms with E-state index in [9.17, 15) is 12.8 Å². The van der Waals surface area contributed by atoms with Crippen molar-refractivity contribution in [3.63, 3.8) is 0 Å². The molecule has 0 saturated heterocycles. The molecule has 1 heterocycles. The molecule has 0 fully saturated rings. The molecule has 0 aliphatic carbocycles. The Morgan fingerprint density at radius 1 is 1.23 bits per heavy atom. The molecule has 118 valence electrons. The summed E-state index contributed by atoms with van der Waals surface area (Å²) >= 11 is 0. The molecule has 0 saturated carbocycles. The number of aryl methyl sites for hydroxylation is 1. The number of halogens is 1. The predicted molar refractivity (Wildman–Crippen MR) is 78.9 cm³/mol. The van der Waals surface area contributed by atoms with Crippen LogP contribution in [0.1, 0.15) is 18.9 Å². The van der Waals surface area contributed by atoms with Gasteiger partial charge in [0.2, 0.25) is 5.95 Å². The maximum Gasteiger partial charge on any atom is 0.297 e. The van der Waals surface area contributed by atoms with Crippen LogP contribution in [0.5, 0.6) is 11.5 Å². The van der Waals surface area contributed by atoms with Crippen LogP contribution in [-0.2, 0) is 14.3 Å². The van der Waals surface area contributed by atoms with Gasteiger partial charge in [0.25, 0.3) is 10.1 Å². The zero-order chi connectivity index (χ0) is 16.2. The molecule has 0 spiro atoms. The number of ether oxygens (including phenoxy) is 1. The first kappa shape index (κ1) is 16.4. The van der Waals surface area contributed by atoms with Gasteiger partial charge in [0.1, 0.15) is 11.5 Å². The van der Waals surface area contributed by atoms with Gasteiger partial charge in [-0.25, -0.2) is 4.98 Å². The molecule has 2 rings (SSSR count). The van der Waals surface area contributed by atoms with E-state index in [4.69, 9.17) is 8.92 Å². The van der Waals surface area contributed by atoms with Gasteiger partial charge in [0.05, 0.1) is 17.7 Å². The molecule has 0 bridgehead atoms. The molecule has 1 aromatic heterocycles. The number of benzene rings is 1. The average molecular weight is 325 g/mol. The van der Waals surface area contributed by atoms with E-state index in [0.717, 1.165) is 11.6 Å². The van der Waals surface area contributed by atoms with Gasteiger partial charge in [-0.1, -0.05) is 13.0 Å². The highest BCUT2D eigenvalue weighted by atomic mass is 32.2. The van der Waals surface area contributed by atoms with E-state index in [1.807, 2.05) is 6.92 Å². The number of pyridine rings is 1. The Morgan fingerprint density at radius 3 is 2.64 bits per heavy atom. The van der Waals surface area contributed by atoms with Crippen molar-refractivity contribution in [2.24, 2.45) is 0 Å². The van der Waals surface area contributed by atoms with Gasteiger partial charge in [0.15, 0.2) is 0 Å². The highest BCUT2D eigenvalue weighted by molar-refractivity contribution is 7.86. The third-order valence-corrected chi connectivity index (χ3v) is 4.13. The zero-order valence-electron chi connectivity index (χ0n) is 12.2. The lowest BCUT2D eigenvalue weighted by Gasteiger charge is -2.11. The maximum absolute atomic E-state index is 12.8. The number of hydrogen-bond acceptors (Lipinski definition) is 5. The Kier molecular flexibility index (Phi) is 5.10. The first-order valence-corrected chi connectivity index (χ1v) is 8.12. The molecule has 0 N–H and O–H groups in total. The molecule has 5 nitrogen and oxygen atoms in total. The molecule has 7 heteroatoms. The summed E-state index contributed by atoms with van der Waals surface area (Å²) in [7, 11) is -3.82. The van der Waals surface area contributed by atoms with Crippen molar-refractivity contribution in [2.75, 3.05) is 6.61 Å². The molecule has 0 atom stereocenters. The van der Waals surface area contributed by atoms with Crippen LogP contribution in [0.2, 0.25) is 0 Å². The van der Waals surface area contributed by atoms with Crippen molar-refractivity contribution in [3.05, 3.63) is 48.0 Å². The SMILES string of the molecule is CCCOS(=O)(=O)c1ccc(C)c(Oc2ccc(F)nc2)c1. The van der Waals surface area contributed by atoms with Crippen molar-refractivity contribution in [1.29, 1.82) is 0 Å². The van der Waals surface area contributed by atoms with E-state index in [-0.39, 0.29) is 11.5 Å². The van der Waals surface area contributed by atoms with Crippen molar-refractivity contribution in [2.45, 2.75) is 25.2 Å². The molecule has 2 aromatic rings. The Balaban J connectivity index is 2.29. The first-order valence-electron chi connectivity index (χ1n) is 6.72. The molecular formula is C15H16FNO4S. The Hall–Kier alpha value is -1.99. The minimum absolute atomic E-state index is 0.0108. The van der Waals surface area contributed by atoms with Crippen molar-refractivity contribution >= 4 is 10.1 Å². The lowest BCUT2D eigenvalue weighted by Crippen LogP contribution is -2.07. The zero-order valence-corrected chi connectivity index (χ0v) is 13.1. The van der Waals surface area contributed by atoms with Crippen LogP contribution in [0.3, 0.4) is 0 Å². The molecule has 0 aliphatic rings. The largest absolute Gasteiger partial charge is 0.455 e. The van der Waals surface area contributed by atoms with Crippen molar-refractivity contribution < 1.29 is 21.7 Å². The summed E-state index contributed by atoms with van der Waals surface area (Å²) in [5, 5.41) is 0. The maximum atomic E-state index is 12.8. The van der Waals surface area contributed by atoms with Crippen LogP contribution in [0.4, 0.5) is 4.39 Å². The molecule has 0 unspecified atom stereocenters. The second-order valence-electron chi connectivity index (χ2n) is 4.62. The third-order valence-electron chi connectivity index (χ3n) is 2.82. The smallest absolute Gasteiger partial charge is 0.297 e. The van der Waals surface area contributed by atoms with Crippen LogP contribution in [0.25, 0.3) is 0 Å². The average Bonchev–Trinajstić information content (AvgIpc) is 2.49. The summed E-state index contributed by atoms with van der Waals surface area (Å²) in [5.74, 6) is 0.0384. The van der Waals surface area contributed by atoms with Crippen molar-refractivity contribution in [3.8, 4) is 11.5 Å². The van der Waals surface area contributed by atoms with Gasteiger partial charge >= 0.3 is 0 Å². The monoisotopic (exact) mass is 325 g/mol. The van der Waals surface area contributed by atoms with E-state index < -0.39 is 16.1 Å². The summed E-state index contributed by atoms with van der Waals surface area (Å²) in [5.41, 5.74) is 0.735. The van der Waals surface area contributed by atoms with Gasteiger partial charge in [-0.05, 0) is 37.1 Å². The quantitative estimate of drug-likeness (QED) is 0.601. The molecule has 1 aromatic carbocycles. The second-order valence-corrected chi connectivity index (χ2v) is 6.24. The predicted octanol–water partition coefficient (Wildman–Crippen LogP) is 3.44. The highest BCUT2D eigenvalue weighted by Gasteiger charge is 2.17. The van der Waals surface area contributed by atoms with Crippen LogP contribution in [0.15, 0.2) is 41.4 Å². The summed E-state index contributed by atoms with van der Waals surface area (Å²) in [6, 6.07) is 7.03. The van der Waals surface area contributed by atoms with Gasteiger partial charge < -0.3 is 4.74 Å². The summed E-state index contributed by atoms with van der Waals surface area (Å²) in [6.45, 7) is 3.71. The van der Waals surface area contributed by atoms with Crippen LogP contribution >= 0.6 is 0 Å². The lowest BCUT2D eigenvalue weighted by atomic mass is 10.2. The van der Waals surface area contributed by atoms with E-state index >= 15 is 0 Å². The Labute approximate surface area is 128 Å². The summed E-state index contributed by atoms with van der Waals surface area (Å²) in [4.78, 5) is 3.49. The Morgan fingerprint density at radius 2 is 2.00 bits per heavy atom. The topological polar surface area (TPSA) is 65.5 Å². The molecule has 0 radical (unpaired) electrons. The normalized spacial score (nSPS) is 11.4. The van der Waals surface area contributed by atoms with Gasteiger partial charge in [-0.15, -0.1) is 0 Å². The second kappa shape index (κ2) is 6.85. The van der Waals surface area contributed by atoms with Gasteiger partial charge in [0, 0.05) is 6.07 Å². The van der Waals surface area contributed by atoms with E-state index in [2.05, 4.69) is 4.98 Å². The number of rotatable bonds is 6. The summed E-state index contributed by atoms with van der Waals surface area (Å²) < 4.78 is 47.2. The van der Waals surface area contributed by atoms with Crippen LogP contribution < -0.4 is 4.74 Å². The first-order chi connectivity index (χ1) is 10.4. The van der Waals surface area contributed by atoms with E-state index in [1.165, 1.54) is 24.4 Å². The highest BCUT2D eigenvalue weighted by Crippen LogP contribution is 2.28. The van der Waals surface area contributed by atoms with E-state index in [0.29, 0.717) is 17.9 Å². The molecule has 0 aliphatic heterocycles. The van der Waals surface area contributed by atoms with Crippen molar-refractivity contribution in [1.82, 2.24) is 4.98 Å². The third kappa shape index (κ3) is 4.02. The minimum Gasteiger partial charge on any atom is -0.455 e. The van der Waals surface area contributed by atoms with Crippen LogP contribution in [-0.4, -0.2) is 20.0 Å². The van der Waals surface area contributed by atoms with Gasteiger partial charge in [-0.3, -0.25) is 4.18 Å². The fraction of sp³-hybridized carbons (Fsp3) is 0.267. The fourth-order valence-corrected chi connectivity index (χ4v) is 2.66. The molecule has 22 heavy (non-hydrogen) atoms. The number of nitrogens with zero attached hydrogens (tertiary/aromatic N) is 1. The fourth-order valence-electron chi connectivity index (χ4n) is 1.66. The lowest BCUT2D eigenvalue weighted by molar-refractivity contribution is 0.318. The minimum atomic E-state index is -3.82.